The van der Waals surface area contributed by atoms with Crippen LogP contribution in [0.3, 0.4) is 0 Å². The van der Waals surface area contributed by atoms with E-state index >= 15 is 0 Å². The average Bonchev–Trinajstić information content (AvgIpc) is 3.60. The van der Waals surface area contributed by atoms with Crippen molar-refractivity contribution in [2.24, 2.45) is 15.9 Å². The highest BCUT2D eigenvalue weighted by molar-refractivity contribution is 8.15. The summed E-state index contributed by atoms with van der Waals surface area (Å²) in [7, 11) is 3.08. The van der Waals surface area contributed by atoms with E-state index in [4.69, 9.17) is 32.7 Å². The second-order valence-electron chi connectivity index (χ2n) is 11.5. The van der Waals surface area contributed by atoms with Gasteiger partial charge in [-0.1, -0.05) is 94.2 Å². The topological polar surface area (TPSA) is 83.8 Å². The Balaban J connectivity index is 0.000000251. The van der Waals surface area contributed by atoms with Crippen molar-refractivity contribution in [1.29, 1.82) is 0 Å². The maximum Gasteiger partial charge on any atom is 0.283 e. The number of amides is 2. The Bertz CT molecular complexity index is 1410. The Kier molecular flexibility index (Phi) is 15.6. The minimum Gasteiger partial charge on any atom is -0.496 e. The second kappa shape index (κ2) is 18.8. The third kappa shape index (κ3) is 10.8. The third-order valence-electron chi connectivity index (χ3n) is 7.47. The number of carbonyl (C=O) groups is 2. The number of aliphatic imine (C=N–C) groups is 2. The van der Waals surface area contributed by atoms with Gasteiger partial charge in [-0.25, -0.2) is 0 Å². The van der Waals surface area contributed by atoms with Crippen molar-refractivity contribution in [3.8, 4) is 11.5 Å². The molecule has 2 atom stereocenters. The minimum atomic E-state index is -0.308. The summed E-state index contributed by atoms with van der Waals surface area (Å²) in [5.74, 6) is 0.926. The Morgan fingerprint density at radius 1 is 0.826 bits per heavy atom. The van der Waals surface area contributed by atoms with Crippen molar-refractivity contribution < 1.29 is 19.1 Å². The maximum absolute atomic E-state index is 12.7. The molecule has 2 heterocycles. The van der Waals surface area contributed by atoms with Gasteiger partial charge in [-0.15, -0.1) is 0 Å². The van der Waals surface area contributed by atoms with Crippen LogP contribution in [0.4, 0.5) is 0 Å². The van der Waals surface area contributed by atoms with E-state index in [-0.39, 0.29) is 11.8 Å². The molecule has 2 unspecified atom stereocenters. The van der Waals surface area contributed by atoms with Crippen LogP contribution in [0.5, 0.6) is 11.5 Å². The highest BCUT2D eigenvalue weighted by Crippen LogP contribution is 2.32. The van der Waals surface area contributed by atoms with Crippen LogP contribution >= 0.6 is 46.7 Å². The molecule has 0 saturated carbocycles. The van der Waals surface area contributed by atoms with E-state index in [1.807, 2.05) is 0 Å². The maximum atomic E-state index is 12.7. The van der Waals surface area contributed by atoms with Crippen LogP contribution in [0, 0.1) is 5.92 Å². The van der Waals surface area contributed by atoms with E-state index in [9.17, 15) is 9.59 Å². The van der Waals surface area contributed by atoms with E-state index in [0.717, 1.165) is 62.2 Å². The molecule has 0 spiro atoms. The number of thioether (sulfide) groups is 2. The molecule has 46 heavy (non-hydrogen) atoms. The molecule has 0 bridgehead atoms. The molecule has 12 heteroatoms. The number of nitrogens with zero attached hydrogens (tertiary/aromatic N) is 4. The van der Waals surface area contributed by atoms with Crippen LogP contribution in [-0.4, -0.2) is 82.8 Å². The van der Waals surface area contributed by atoms with Gasteiger partial charge in [0, 0.05) is 46.7 Å². The lowest BCUT2D eigenvalue weighted by Crippen LogP contribution is -2.28. The summed E-state index contributed by atoms with van der Waals surface area (Å²) >= 11 is 15.4. The molecule has 0 aromatic heterocycles. The van der Waals surface area contributed by atoms with Crippen LogP contribution in [0.1, 0.15) is 81.0 Å². The van der Waals surface area contributed by atoms with Crippen molar-refractivity contribution in [2.75, 3.05) is 40.4 Å². The summed E-state index contributed by atoms with van der Waals surface area (Å²) < 4.78 is 10.5. The number of hydrogen-bond donors (Lipinski definition) is 0. The second-order valence-corrected chi connectivity index (χ2v) is 15.0. The minimum absolute atomic E-state index is 0.303. The van der Waals surface area contributed by atoms with E-state index in [2.05, 4.69) is 54.4 Å². The number of methoxy groups -OCH3 is 2. The summed E-state index contributed by atoms with van der Waals surface area (Å²) in [5, 5.41) is 3.53. The third-order valence-corrected chi connectivity index (χ3v) is 10.6. The first-order chi connectivity index (χ1) is 22.0. The standard InChI is InChI=1S/C18H25ClN2O2S.C16H21ClN2O2S/c1-5-6-9-21-11-16(12(2)3)24-18(21)20-17(22)14-10-13(19)7-8-15(14)23-4;1-4-5-8-19-10-11(2)22-16(19)18-15(20)13-9-12(17)6-7-14(13)21-3/h7-8,10,12,16H,5-6,9,11H2,1-4H3;6-7,9,11H,4-5,8,10H2,1-3H3/b20-18-;18-16-. The molecule has 2 aliphatic rings. The van der Waals surface area contributed by atoms with Crippen LogP contribution < -0.4 is 9.47 Å². The number of carbonyl (C=O) groups excluding carboxylic acids is 2. The first kappa shape index (κ1) is 38.1. The molecule has 4 rings (SSSR count). The van der Waals surface area contributed by atoms with Gasteiger partial charge in [0.2, 0.25) is 0 Å². The lowest BCUT2D eigenvalue weighted by molar-refractivity contribution is 0.0990. The first-order valence-electron chi connectivity index (χ1n) is 15.8. The Morgan fingerprint density at radius 2 is 1.28 bits per heavy atom. The SMILES string of the molecule is CCCCN1CC(C(C)C)S/C1=N\C(=O)c1cc(Cl)ccc1OC.CCCCN1CC(C)S/C1=N\C(=O)c1cc(Cl)ccc1OC. The van der Waals surface area contributed by atoms with E-state index in [1.54, 1.807) is 67.0 Å². The molecular weight excluding hydrogens is 663 g/mol. The lowest BCUT2D eigenvalue weighted by Gasteiger charge is -2.18. The molecular formula is C34H46Cl2N4O4S2. The molecule has 0 N–H and O–H groups in total. The molecule has 2 aliphatic heterocycles. The number of halogens is 2. The fourth-order valence-electron chi connectivity index (χ4n) is 4.82. The zero-order chi connectivity index (χ0) is 33.8. The van der Waals surface area contributed by atoms with Gasteiger partial charge >= 0.3 is 0 Å². The number of unbranched alkanes of at least 4 members (excludes halogenated alkanes) is 2. The quantitative estimate of drug-likeness (QED) is 0.229. The van der Waals surface area contributed by atoms with Crippen molar-refractivity contribution in [3.63, 3.8) is 0 Å². The van der Waals surface area contributed by atoms with Gasteiger partial charge in [0.1, 0.15) is 11.5 Å². The van der Waals surface area contributed by atoms with Crippen LogP contribution in [0.2, 0.25) is 10.0 Å². The fourth-order valence-corrected chi connectivity index (χ4v) is 7.48. The lowest BCUT2D eigenvalue weighted by atomic mass is 10.1. The highest BCUT2D eigenvalue weighted by Gasteiger charge is 2.31. The smallest absolute Gasteiger partial charge is 0.283 e. The molecule has 0 aliphatic carbocycles. The van der Waals surface area contributed by atoms with Gasteiger partial charge in [0.15, 0.2) is 10.3 Å². The Hall–Kier alpha value is -2.40. The number of hydrogen-bond acceptors (Lipinski definition) is 6. The summed E-state index contributed by atoms with van der Waals surface area (Å²) in [6.07, 6.45) is 4.44. The monoisotopic (exact) mass is 708 g/mol. The first-order valence-corrected chi connectivity index (χ1v) is 18.3. The fraction of sp³-hybridized carbons (Fsp3) is 0.529. The van der Waals surface area contributed by atoms with E-state index in [1.165, 1.54) is 7.11 Å². The number of ether oxygens (including phenoxy) is 2. The van der Waals surface area contributed by atoms with Gasteiger partial charge in [-0.05, 0) is 55.2 Å². The predicted octanol–water partition coefficient (Wildman–Crippen LogP) is 8.80. The zero-order valence-corrected chi connectivity index (χ0v) is 31.0. The number of benzene rings is 2. The zero-order valence-electron chi connectivity index (χ0n) is 27.8. The molecule has 2 amide bonds. The molecule has 2 fully saturated rings. The van der Waals surface area contributed by atoms with Gasteiger partial charge in [-0.3, -0.25) is 9.59 Å². The van der Waals surface area contributed by atoms with Crippen molar-refractivity contribution in [1.82, 2.24) is 9.80 Å². The summed E-state index contributed by atoms with van der Waals surface area (Å²) in [5.41, 5.74) is 0.805. The number of amidine groups is 2. The molecule has 8 nitrogen and oxygen atoms in total. The van der Waals surface area contributed by atoms with Gasteiger partial charge in [-0.2, -0.15) is 9.98 Å². The van der Waals surface area contributed by atoms with Crippen LogP contribution in [-0.2, 0) is 0 Å². The van der Waals surface area contributed by atoms with E-state index < -0.39 is 0 Å². The van der Waals surface area contributed by atoms with Crippen molar-refractivity contribution in [3.05, 3.63) is 57.6 Å². The van der Waals surface area contributed by atoms with Gasteiger partial charge in [0.25, 0.3) is 11.8 Å². The van der Waals surface area contributed by atoms with Gasteiger partial charge < -0.3 is 19.3 Å². The summed E-state index contributed by atoms with van der Waals surface area (Å²) in [6, 6.07) is 10.0. The molecule has 2 saturated heterocycles. The average molecular weight is 710 g/mol. The normalized spacial score (nSPS) is 19.5. The summed E-state index contributed by atoms with van der Waals surface area (Å²) in [4.78, 5) is 38.3. The molecule has 2 aromatic rings. The largest absolute Gasteiger partial charge is 0.496 e. The molecule has 0 radical (unpaired) electrons. The highest BCUT2D eigenvalue weighted by atomic mass is 35.5. The Labute approximate surface area is 292 Å². The molecule has 252 valence electrons. The van der Waals surface area contributed by atoms with Crippen LogP contribution in [0.15, 0.2) is 46.4 Å². The summed E-state index contributed by atoms with van der Waals surface area (Å²) in [6.45, 7) is 14.6. The van der Waals surface area contributed by atoms with Crippen molar-refractivity contribution >= 4 is 68.9 Å². The van der Waals surface area contributed by atoms with E-state index in [0.29, 0.717) is 49.1 Å². The molecule has 2 aromatic carbocycles. The Morgan fingerprint density at radius 3 is 1.72 bits per heavy atom. The van der Waals surface area contributed by atoms with Crippen molar-refractivity contribution in [2.45, 2.75) is 70.8 Å². The van der Waals surface area contributed by atoms with Crippen LogP contribution in [0.25, 0.3) is 0 Å². The van der Waals surface area contributed by atoms with Gasteiger partial charge in [0.05, 0.1) is 25.3 Å². The predicted molar refractivity (Wildman–Crippen MR) is 196 cm³/mol. The number of rotatable bonds is 11.